The molecular formula is C20H22N2. The molecule has 1 aromatic carbocycles. The van der Waals surface area contributed by atoms with Crippen LogP contribution in [0.4, 0.5) is 0 Å². The van der Waals surface area contributed by atoms with Gasteiger partial charge >= 0.3 is 0 Å². The van der Waals surface area contributed by atoms with Crippen LogP contribution in [0.5, 0.6) is 0 Å². The van der Waals surface area contributed by atoms with Gasteiger partial charge in [0.05, 0.1) is 5.52 Å². The molecule has 2 heteroatoms. The van der Waals surface area contributed by atoms with Crippen molar-refractivity contribution in [3.63, 3.8) is 0 Å². The van der Waals surface area contributed by atoms with E-state index in [4.69, 9.17) is 0 Å². The highest BCUT2D eigenvalue weighted by atomic mass is 14.8. The number of H-pyrrole nitrogens is 2. The zero-order valence-electron chi connectivity index (χ0n) is 13.3. The zero-order valence-corrected chi connectivity index (χ0v) is 13.3. The van der Waals surface area contributed by atoms with Crippen LogP contribution >= 0.6 is 0 Å². The Kier molecular flexibility index (Phi) is 4.52. The summed E-state index contributed by atoms with van der Waals surface area (Å²) in [5.41, 5.74) is 6.25. The highest BCUT2D eigenvalue weighted by molar-refractivity contribution is 6.13. The van der Waals surface area contributed by atoms with Gasteiger partial charge in [0, 0.05) is 38.8 Å². The predicted octanol–water partition coefficient (Wildman–Crippen LogP) is 6.25. The molecule has 2 heterocycles. The molecule has 112 valence electrons. The van der Waals surface area contributed by atoms with E-state index in [-0.39, 0.29) is 0 Å². The lowest BCUT2D eigenvalue weighted by atomic mass is 10.1. The average molecular weight is 290 g/mol. The number of rotatable bonds is 4. The van der Waals surface area contributed by atoms with Crippen molar-refractivity contribution < 1.29 is 0 Å². The van der Waals surface area contributed by atoms with Gasteiger partial charge in [0.25, 0.3) is 0 Å². The molecule has 0 aliphatic rings. The van der Waals surface area contributed by atoms with Gasteiger partial charge in [-0.1, -0.05) is 58.4 Å². The maximum Gasteiger partial charge on any atom is 0.0566 e. The number of hydrogen-bond donors (Lipinski definition) is 2. The van der Waals surface area contributed by atoms with Gasteiger partial charge < -0.3 is 9.97 Å². The van der Waals surface area contributed by atoms with E-state index in [0.29, 0.717) is 0 Å². The van der Waals surface area contributed by atoms with E-state index in [1.807, 2.05) is 38.2 Å². The van der Waals surface area contributed by atoms with Gasteiger partial charge in [-0.25, -0.2) is 0 Å². The highest BCUT2D eigenvalue weighted by Crippen LogP contribution is 2.34. The summed E-state index contributed by atoms with van der Waals surface area (Å²) in [5.74, 6) is 0. The minimum absolute atomic E-state index is 0.984. The predicted molar refractivity (Wildman–Crippen MR) is 102 cm³/mol. The van der Waals surface area contributed by atoms with Crippen molar-refractivity contribution in [3.8, 4) is 0 Å². The molecule has 3 aromatic rings. The minimum atomic E-state index is 0.984. The van der Waals surface area contributed by atoms with Crippen LogP contribution in [0.3, 0.4) is 0 Å². The van der Waals surface area contributed by atoms with E-state index in [2.05, 4.69) is 48.4 Å². The van der Waals surface area contributed by atoms with Crippen LogP contribution in [0.1, 0.15) is 36.4 Å². The van der Waals surface area contributed by atoms with E-state index in [9.17, 15) is 0 Å². The minimum Gasteiger partial charge on any atom is -0.354 e. The fourth-order valence-corrected chi connectivity index (χ4v) is 2.79. The van der Waals surface area contributed by atoms with Crippen molar-refractivity contribution in [3.05, 3.63) is 61.0 Å². The van der Waals surface area contributed by atoms with E-state index < -0.39 is 0 Å². The molecule has 0 amide bonds. The molecule has 0 unspecified atom stereocenters. The quantitative estimate of drug-likeness (QED) is 0.569. The van der Waals surface area contributed by atoms with Gasteiger partial charge in [-0.3, -0.25) is 0 Å². The molecule has 0 atom stereocenters. The van der Waals surface area contributed by atoms with Gasteiger partial charge in [0.2, 0.25) is 0 Å². The lowest BCUT2D eigenvalue weighted by molar-refractivity contribution is 1.43. The molecule has 0 fully saturated rings. The molecule has 2 aromatic heterocycles. The second kappa shape index (κ2) is 6.35. The van der Waals surface area contributed by atoms with Gasteiger partial charge in [-0.15, -0.1) is 0 Å². The summed E-state index contributed by atoms with van der Waals surface area (Å²) in [6.45, 7) is 19.5. The molecular weight excluding hydrogens is 268 g/mol. The second-order valence-corrected chi connectivity index (χ2v) is 4.63. The first kappa shape index (κ1) is 15.6. The fourth-order valence-electron chi connectivity index (χ4n) is 2.79. The number of aromatic nitrogens is 2. The zero-order chi connectivity index (χ0) is 16.3. The van der Waals surface area contributed by atoms with Gasteiger partial charge in [0.1, 0.15) is 0 Å². The Morgan fingerprint density at radius 3 is 1.91 bits per heavy atom. The Balaban J connectivity index is 0.000000847. The summed E-state index contributed by atoms with van der Waals surface area (Å²) < 4.78 is 0. The van der Waals surface area contributed by atoms with Gasteiger partial charge in [-0.2, -0.15) is 0 Å². The molecule has 2 nitrogen and oxygen atoms in total. The SMILES string of the molecule is C=Cc1[nH]c2c(ccc3[nH]c(C=C)c(C=C)c32)c1C=C.CC. The lowest BCUT2D eigenvalue weighted by Gasteiger charge is -1.97. The van der Waals surface area contributed by atoms with Crippen molar-refractivity contribution in [2.45, 2.75) is 13.8 Å². The highest BCUT2D eigenvalue weighted by Gasteiger charge is 2.14. The number of fused-ring (bicyclic) bond motifs is 3. The standard InChI is InChI=1S/C18H16N2.C2H6/c1-5-11-13-9-10-16-17(18(13)20-14(11)7-3)12(6-2)15(8-4)19-16;1-2/h5-10,19-20H,1-4H2;1-2H3. The van der Waals surface area contributed by atoms with E-state index >= 15 is 0 Å². The smallest absolute Gasteiger partial charge is 0.0566 e. The Labute approximate surface area is 131 Å². The molecule has 0 spiro atoms. The molecule has 0 aliphatic carbocycles. The monoisotopic (exact) mass is 290 g/mol. The van der Waals surface area contributed by atoms with Crippen molar-refractivity contribution in [2.24, 2.45) is 0 Å². The van der Waals surface area contributed by atoms with E-state index in [0.717, 1.165) is 44.3 Å². The molecule has 0 bridgehead atoms. The van der Waals surface area contributed by atoms with Crippen LogP contribution in [-0.2, 0) is 0 Å². The summed E-state index contributed by atoms with van der Waals surface area (Å²) in [6.07, 6.45) is 7.35. The van der Waals surface area contributed by atoms with E-state index in [1.165, 1.54) is 0 Å². The normalized spacial score (nSPS) is 10.1. The first-order valence-corrected chi connectivity index (χ1v) is 7.45. The maximum atomic E-state index is 3.92. The Bertz CT molecular complexity index is 872. The molecule has 0 saturated heterocycles. The average Bonchev–Trinajstić information content (AvgIpc) is 3.12. The van der Waals surface area contributed by atoms with Gasteiger partial charge in [0.15, 0.2) is 0 Å². The van der Waals surface area contributed by atoms with Crippen molar-refractivity contribution in [1.82, 2.24) is 9.97 Å². The van der Waals surface area contributed by atoms with Crippen molar-refractivity contribution in [2.75, 3.05) is 0 Å². The lowest BCUT2D eigenvalue weighted by Crippen LogP contribution is -1.75. The van der Waals surface area contributed by atoms with Crippen LogP contribution in [0, 0.1) is 0 Å². The summed E-state index contributed by atoms with van der Waals surface area (Å²) in [4.78, 5) is 6.79. The van der Waals surface area contributed by atoms with Crippen LogP contribution in [-0.4, -0.2) is 9.97 Å². The molecule has 0 radical (unpaired) electrons. The fraction of sp³-hybridized carbons (Fsp3) is 0.100. The Hall–Kier alpha value is -2.74. The Morgan fingerprint density at radius 1 is 0.773 bits per heavy atom. The molecule has 22 heavy (non-hydrogen) atoms. The largest absolute Gasteiger partial charge is 0.354 e. The summed E-state index contributed by atoms with van der Waals surface area (Å²) >= 11 is 0. The summed E-state index contributed by atoms with van der Waals surface area (Å²) in [6, 6.07) is 4.17. The number of benzene rings is 1. The summed E-state index contributed by atoms with van der Waals surface area (Å²) in [7, 11) is 0. The van der Waals surface area contributed by atoms with Crippen molar-refractivity contribution >= 4 is 46.1 Å². The first-order chi connectivity index (χ1) is 10.7. The van der Waals surface area contributed by atoms with Gasteiger partial charge in [-0.05, 0) is 18.2 Å². The third-order valence-electron chi connectivity index (χ3n) is 3.69. The molecule has 3 rings (SSSR count). The summed E-state index contributed by atoms with van der Waals surface area (Å²) in [5, 5.41) is 2.27. The third-order valence-corrected chi connectivity index (χ3v) is 3.69. The van der Waals surface area contributed by atoms with Crippen LogP contribution in [0.2, 0.25) is 0 Å². The van der Waals surface area contributed by atoms with Crippen molar-refractivity contribution in [1.29, 1.82) is 0 Å². The molecule has 0 aliphatic heterocycles. The number of aromatic amines is 2. The van der Waals surface area contributed by atoms with E-state index in [1.54, 1.807) is 0 Å². The maximum absolute atomic E-state index is 3.92. The molecule has 2 N–H and O–H groups in total. The number of hydrogen-bond acceptors (Lipinski definition) is 0. The van der Waals surface area contributed by atoms with Crippen LogP contribution < -0.4 is 0 Å². The third kappa shape index (κ3) is 2.13. The second-order valence-electron chi connectivity index (χ2n) is 4.63. The topological polar surface area (TPSA) is 31.6 Å². The Morgan fingerprint density at radius 2 is 1.36 bits per heavy atom. The van der Waals surface area contributed by atoms with Crippen LogP contribution in [0.25, 0.3) is 46.1 Å². The number of nitrogens with one attached hydrogen (secondary N) is 2. The first-order valence-electron chi connectivity index (χ1n) is 7.45. The molecule has 0 saturated carbocycles. The van der Waals surface area contributed by atoms with Crippen LogP contribution in [0.15, 0.2) is 38.4 Å².